The second-order valence-electron chi connectivity index (χ2n) is 4.18. The van der Waals surface area contributed by atoms with E-state index in [0.717, 1.165) is 35.3 Å². The summed E-state index contributed by atoms with van der Waals surface area (Å²) in [6, 6.07) is 14.0. The fraction of sp³-hybridized carbons (Fsp3) is 0.267. The van der Waals surface area contributed by atoms with Crippen molar-refractivity contribution in [3.05, 3.63) is 64.9 Å². The third kappa shape index (κ3) is 5.64. The molecule has 4 heteroatoms. The summed E-state index contributed by atoms with van der Waals surface area (Å²) in [5.41, 5.74) is 2.41. The summed E-state index contributed by atoms with van der Waals surface area (Å²) in [5.74, 6) is 2.12. The van der Waals surface area contributed by atoms with Crippen LogP contribution in [0.2, 0.25) is 5.02 Å². The first-order chi connectivity index (χ1) is 9.34. The average Bonchev–Trinajstić information content (AvgIpc) is 2.46. The highest BCUT2D eigenvalue weighted by Gasteiger charge is 1.95. The van der Waals surface area contributed by atoms with E-state index in [9.17, 15) is 0 Å². The standard InChI is InChI=1S/C15H17ClN2S/c16-14-6-4-13(5-7-14)12-19-10-9-17-11-15-3-1-2-8-18-15/h1-8,17H,9-12H2. The van der Waals surface area contributed by atoms with Crippen LogP contribution in [0.3, 0.4) is 0 Å². The second-order valence-corrected chi connectivity index (χ2v) is 5.72. The Balaban J connectivity index is 1.56. The molecule has 0 fully saturated rings. The van der Waals surface area contributed by atoms with Crippen molar-refractivity contribution in [3.63, 3.8) is 0 Å². The molecule has 0 atom stereocenters. The maximum absolute atomic E-state index is 5.85. The van der Waals surface area contributed by atoms with Gasteiger partial charge in [0, 0.05) is 35.8 Å². The molecule has 2 aromatic rings. The van der Waals surface area contributed by atoms with E-state index < -0.39 is 0 Å². The third-order valence-corrected chi connectivity index (χ3v) is 3.92. The van der Waals surface area contributed by atoms with Gasteiger partial charge in [0.1, 0.15) is 0 Å². The smallest absolute Gasteiger partial charge is 0.0541 e. The molecule has 0 amide bonds. The van der Waals surface area contributed by atoms with Crippen LogP contribution < -0.4 is 5.32 Å². The number of halogens is 1. The van der Waals surface area contributed by atoms with Crippen LogP contribution in [0.25, 0.3) is 0 Å². The third-order valence-electron chi connectivity index (χ3n) is 2.64. The van der Waals surface area contributed by atoms with Gasteiger partial charge in [-0.2, -0.15) is 11.8 Å². The summed E-state index contributed by atoms with van der Waals surface area (Å²) in [5, 5.41) is 4.19. The van der Waals surface area contributed by atoms with Crippen molar-refractivity contribution in [1.29, 1.82) is 0 Å². The zero-order valence-electron chi connectivity index (χ0n) is 10.7. The number of rotatable bonds is 7. The van der Waals surface area contributed by atoms with E-state index in [4.69, 9.17) is 11.6 Å². The van der Waals surface area contributed by atoms with Crippen molar-refractivity contribution in [2.75, 3.05) is 12.3 Å². The molecule has 2 nitrogen and oxygen atoms in total. The maximum atomic E-state index is 5.85. The lowest BCUT2D eigenvalue weighted by atomic mass is 10.2. The molecule has 1 aromatic heterocycles. The Bertz CT molecular complexity index is 473. The molecular formula is C15H17ClN2S. The van der Waals surface area contributed by atoms with Crippen molar-refractivity contribution < 1.29 is 0 Å². The molecule has 2 rings (SSSR count). The molecule has 19 heavy (non-hydrogen) atoms. The fourth-order valence-electron chi connectivity index (χ4n) is 1.63. The minimum atomic E-state index is 0.797. The number of nitrogens with zero attached hydrogens (tertiary/aromatic N) is 1. The number of nitrogens with one attached hydrogen (secondary N) is 1. The van der Waals surface area contributed by atoms with Gasteiger partial charge < -0.3 is 5.32 Å². The molecule has 1 aromatic carbocycles. The summed E-state index contributed by atoms with van der Waals surface area (Å²) < 4.78 is 0. The number of hydrogen-bond acceptors (Lipinski definition) is 3. The van der Waals surface area contributed by atoms with Gasteiger partial charge in [-0.25, -0.2) is 0 Å². The fourth-order valence-corrected chi connectivity index (χ4v) is 2.62. The van der Waals surface area contributed by atoms with Crippen LogP contribution in [0.1, 0.15) is 11.3 Å². The van der Waals surface area contributed by atoms with Gasteiger partial charge >= 0.3 is 0 Å². The highest BCUT2D eigenvalue weighted by atomic mass is 35.5. The lowest BCUT2D eigenvalue weighted by Crippen LogP contribution is -2.17. The van der Waals surface area contributed by atoms with E-state index >= 15 is 0 Å². The molecule has 0 aliphatic rings. The number of pyridine rings is 1. The first-order valence-electron chi connectivity index (χ1n) is 6.27. The normalized spacial score (nSPS) is 10.6. The molecule has 0 spiro atoms. The van der Waals surface area contributed by atoms with Gasteiger partial charge in [0.2, 0.25) is 0 Å². The Kier molecular flexibility index (Phi) is 6.21. The molecule has 0 aliphatic carbocycles. The monoisotopic (exact) mass is 292 g/mol. The van der Waals surface area contributed by atoms with Gasteiger partial charge in [-0.3, -0.25) is 4.98 Å². The maximum Gasteiger partial charge on any atom is 0.0541 e. The van der Waals surface area contributed by atoms with Crippen LogP contribution in [0.15, 0.2) is 48.7 Å². The molecule has 0 saturated heterocycles. The predicted molar refractivity (Wildman–Crippen MR) is 83.6 cm³/mol. The van der Waals surface area contributed by atoms with Crippen molar-refractivity contribution >= 4 is 23.4 Å². The zero-order chi connectivity index (χ0) is 13.3. The minimum absolute atomic E-state index is 0.797. The average molecular weight is 293 g/mol. The first-order valence-corrected chi connectivity index (χ1v) is 7.81. The summed E-state index contributed by atoms with van der Waals surface area (Å²) in [7, 11) is 0. The van der Waals surface area contributed by atoms with Crippen molar-refractivity contribution in [3.8, 4) is 0 Å². The van der Waals surface area contributed by atoms with Crippen LogP contribution in [0, 0.1) is 0 Å². The molecule has 0 aliphatic heterocycles. The Morgan fingerprint density at radius 3 is 2.68 bits per heavy atom. The van der Waals surface area contributed by atoms with Crippen molar-refractivity contribution in [2.45, 2.75) is 12.3 Å². The quantitative estimate of drug-likeness (QED) is 0.787. The molecule has 100 valence electrons. The molecule has 0 saturated carbocycles. The summed E-state index contributed by atoms with van der Waals surface area (Å²) in [4.78, 5) is 4.27. The van der Waals surface area contributed by atoms with E-state index in [-0.39, 0.29) is 0 Å². The number of hydrogen-bond donors (Lipinski definition) is 1. The zero-order valence-corrected chi connectivity index (χ0v) is 12.3. The molecule has 0 unspecified atom stereocenters. The second kappa shape index (κ2) is 8.20. The number of thioether (sulfide) groups is 1. The van der Waals surface area contributed by atoms with E-state index in [0.29, 0.717) is 0 Å². The van der Waals surface area contributed by atoms with Crippen LogP contribution in [0.5, 0.6) is 0 Å². The first kappa shape index (κ1) is 14.4. The molecular weight excluding hydrogens is 276 g/mol. The van der Waals surface area contributed by atoms with E-state index in [1.54, 1.807) is 0 Å². The van der Waals surface area contributed by atoms with Gasteiger partial charge in [-0.15, -0.1) is 0 Å². The van der Waals surface area contributed by atoms with E-state index in [1.165, 1.54) is 5.56 Å². The number of aromatic nitrogens is 1. The van der Waals surface area contributed by atoms with Gasteiger partial charge in [0.25, 0.3) is 0 Å². The van der Waals surface area contributed by atoms with Crippen LogP contribution >= 0.6 is 23.4 Å². The lowest BCUT2D eigenvalue weighted by Gasteiger charge is -2.04. The molecule has 0 radical (unpaired) electrons. The summed E-state index contributed by atoms with van der Waals surface area (Å²) in [6.07, 6.45) is 1.83. The van der Waals surface area contributed by atoms with Gasteiger partial charge in [-0.1, -0.05) is 29.8 Å². The van der Waals surface area contributed by atoms with Gasteiger partial charge in [0.05, 0.1) is 5.69 Å². The highest BCUT2D eigenvalue weighted by molar-refractivity contribution is 7.98. The highest BCUT2D eigenvalue weighted by Crippen LogP contribution is 2.14. The largest absolute Gasteiger partial charge is 0.310 e. The Hall–Kier alpha value is -1.03. The Morgan fingerprint density at radius 1 is 1.11 bits per heavy atom. The summed E-state index contributed by atoms with van der Waals surface area (Å²) >= 11 is 7.77. The minimum Gasteiger partial charge on any atom is -0.310 e. The van der Waals surface area contributed by atoms with Crippen LogP contribution in [-0.4, -0.2) is 17.3 Å². The Labute approximate surface area is 123 Å². The van der Waals surface area contributed by atoms with Crippen molar-refractivity contribution in [2.24, 2.45) is 0 Å². The molecule has 0 bridgehead atoms. The molecule has 1 N–H and O–H groups in total. The van der Waals surface area contributed by atoms with Crippen LogP contribution in [-0.2, 0) is 12.3 Å². The predicted octanol–water partition coefficient (Wildman–Crippen LogP) is 3.76. The van der Waals surface area contributed by atoms with Gasteiger partial charge in [-0.05, 0) is 29.8 Å². The van der Waals surface area contributed by atoms with E-state index in [2.05, 4.69) is 22.4 Å². The number of benzene rings is 1. The van der Waals surface area contributed by atoms with Crippen molar-refractivity contribution in [1.82, 2.24) is 10.3 Å². The SMILES string of the molecule is Clc1ccc(CSCCNCc2ccccn2)cc1. The van der Waals surface area contributed by atoms with Crippen LogP contribution in [0.4, 0.5) is 0 Å². The van der Waals surface area contributed by atoms with E-state index in [1.807, 2.05) is 48.3 Å². The van der Waals surface area contributed by atoms with Gasteiger partial charge in [0.15, 0.2) is 0 Å². The summed E-state index contributed by atoms with van der Waals surface area (Å²) in [6.45, 7) is 1.83. The Morgan fingerprint density at radius 2 is 1.95 bits per heavy atom. The molecule has 1 heterocycles. The lowest BCUT2D eigenvalue weighted by molar-refractivity contribution is 0.715. The topological polar surface area (TPSA) is 24.9 Å².